The van der Waals surface area contributed by atoms with Crippen LogP contribution >= 0.6 is 28.3 Å². The lowest BCUT2D eigenvalue weighted by Crippen LogP contribution is -2.38. The molecule has 0 aliphatic heterocycles. The van der Waals surface area contributed by atoms with E-state index in [4.69, 9.17) is 5.73 Å². The van der Waals surface area contributed by atoms with E-state index in [2.05, 4.69) is 21.2 Å². The van der Waals surface area contributed by atoms with E-state index in [0.717, 1.165) is 10.9 Å². The molecule has 0 heterocycles. The van der Waals surface area contributed by atoms with Crippen LogP contribution in [0.3, 0.4) is 0 Å². The molecule has 1 aliphatic rings. The van der Waals surface area contributed by atoms with Gasteiger partial charge in [-0.15, -0.1) is 12.4 Å². The number of benzene rings is 1. The van der Waals surface area contributed by atoms with Crippen LogP contribution in [0.5, 0.6) is 0 Å². The van der Waals surface area contributed by atoms with E-state index < -0.39 is 0 Å². The van der Waals surface area contributed by atoms with E-state index in [0.29, 0.717) is 18.9 Å². The zero-order valence-corrected chi connectivity index (χ0v) is 13.2. The van der Waals surface area contributed by atoms with Crippen LogP contribution in [0.2, 0.25) is 0 Å². The molecule has 1 aromatic carbocycles. The summed E-state index contributed by atoms with van der Waals surface area (Å²) >= 11 is 3.39. The summed E-state index contributed by atoms with van der Waals surface area (Å²) in [4.78, 5) is 11.7. The van der Waals surface area contributed by atoms with Crippen LogP contribution in [-0.2, 0) is 11.2 Å². The Morgan fingerprint density at radius 1 is 1.37 bits per heavy atom. The van der Waals surface area contributed by atoms with Crippen molar-refractivity contribution in [2.75, 3.05) is 6.54 Å². The lowest BCUT2D eigenvalue weighted by atomic mass is 10.1. The fourth-order valence-electron chi connectivity index (χ4n) is 1.92. The van der Waals surface area contributed by atoms with Gasteiger partial charge in [0, 0.05) is 23.5 Å². The number of hydrogen-bond acceptors (Lipinski definition) is 2. The molecule has 0 bridgehead atoms. The molecular weight excluding hydrogens is 328 g/mol. The van der Waals surface area contributed by atoms with E-state index in [1.807, 2.05) is 24.3 Å². The molecule has 1 amide bonds. The van der Waals surface area contributed by atoms with Gasteiger partial charge in [0.2, 0.25) is 5.91 Å². The van der Waals surface area contributed by atoms with Crippen molar-refractivity contribution in [2.24, 2.45) is 11.7 Å². The van der Waals surface area contributed by atoms with Gasteiger partial charge < -0.3 is 11.1 Å². The molecule has 19 heavy (non-hydrogen) atoms. The zero-order valence-electron chi connectivity index (χ0n) is 10.8. The monoisotopic (exact) mass is 346 g/mol. The molecular formula is C14H20BrClN2O. The van der Waals surface area contributed by atoms with Crippen LogP contribution in [0.1, 0.15) is 24.8 Å². The molecule has 0 spiro atoms. The second-order valence-electron chi connectivity index (χ2n) is 4.93. The molecule has 1 fully saturated rings. The summed E-state index contributed by atoms with van der Waals surface area (Å²) in [6.07, 6.45) is 3.74. The third kappa shape index (κ3) is 5.93. The Balaban J connectivity index is 0.00000180. The quantitative estimate of drug-likeness (QED) is 0.831. The number of nitrogens with two attached hydrogens (primary N) is 1. The van der Waals surface area contributed by atoms with Crippen molar-refractivity contribution < 1.29 is 4.79 Å². The third-order valence-corrected chi connectivity index (χ3v) is 3.85. The maximum atomic E-state index is 11.7. The Kier molecular flexibility index (Phi) is 6.83. The SMILES string of the molecule is Cl.NC(CNC(=O)CCc1ccc(Br)cc1)C1CC1. The summed E-state index contributed by atoms with van der Waals surface area (Å²) in [5.41, 5.74) is 7.11. The van der Waals surface area contributed by atoms with E-state index in [-0.39, 0.29) is 24.4 Å². The summed E-state index contributed by atoms with van der Waals surface area (Å²) in [6.45, 7) is 0.615. The maximum Gasteiger partial charge on any atom is 0.220 e. The Hall–Kier alpha value is -0.580. The minimum absolute atomic E-state index is 0. The lowest BCUT2D eigenvalue weighted by molar-refractivity contribution is -0.121. The number of amides is 1. The predicted molar refractivity (Wildman–Crippen MR) is 83.4 cm³/mol. The summed E-state index contributed by atoms with van der Waals surface area (Å²) in [6, 6.07) is 8.20. The number of aryl methyl sites for hydroxylation is 1. The minimum Gasteiger partial charge on any atom is -0.355 e. The van der Waals surface area contributed by atoms with Gasteiger partial charge in [0.15, 0.2) is 0 Å². The van der Waals surface area contributed by atoms with Gasteiger partial charge in [-0.25, -0.2) is 0 Å². The average molecular weight is 348 g/mol. The van der Waals surface area contributed by atoms with Crippen LogP contribution in [0.15, 0.2) is 28.7 Å². The van der Waals surface area contributed by atoms with Gasteiger partial charge in [-0.05, 0) is 42.9 Å². The fourth-order valence-corrected chi connectivity index (χ4v) is 2.18. The number of halogens is 2. The Morgan fingerprint density at radius 2 is 2.00 bits per heavy atom. The molecule has 3 N–H and O–H groups in total. The first kappa shape index (κ1) is 16.5. The summed E-state index contributed by atoms with van der Waals surface area (Å²) in [5.74, 6) is 0.728. The topological polar surface area (TPSA) is 55.1 Å². The molecule has 1 aromatic rings. The fraction of sp³-hybridized carbons (Fsp3) is 0.500. The Labute approximate surface area is 128 Å². The third-order valence-electron chi connectivity index (χ3n) is 3.32. The zero-order chi connectivity index (χ0) is 13.0. The highest BCUT2D eigenvalue weighted by Crippen LogP contribution is 2.31. The predicted octanol–water partition coefficient (Wildman–Crippen LogP) is 2.66. The number of rotatable bonds is 6. The van der Waals surface area contributed by atoms with Gasteiger partial charge in [-0.1, -0.05) is 28.1 Å². The van der Waals surface area contributed by atoms with Crippen LogP contribution in [-0.4, -0.2) is 18.5 Å². The minimum atomic E-state index is 0. The Bertz CT molecular complexity index is 406. The van der Waals surface area contributed by atoms with Crippen LogP contribution in [0, 0.1) is 5.92 Å². The summed E-state index contributed by atoms with van der Waals surface area (Å²) in [5, 5.41) is 2.91. The molecule has 106 valence electrons. The molecule has 1 unspecified atom stereocenters. The van der Waals surface area contributed by atoms with Crippen LogP contribution in [0.25, 0.3) is 0 Å². The van der Waals surface area contributed by atoms with Crippen molar-refractivity contribution in [3.8, 4) is 0 Å². The first-order valence-corrected chi connectivity index (χ1v) is 7.21. The average Bonchev–Trinajstić information content (AvgIpc) is 3.19. The number of carbonyl (C=O) groups is 1. The highest BCUT2D eigenvalue weighted by molar-refractivity contribution is 9.10. The lowest BCUT2D eigenvalue weighted by Gasteiger charge is -2.11. The second-order valence-corrected chi connectivity index (χ2v) is 5.85. The smallest absolute Gasteiger partial charge is 0.220 e. The molecule has 1 saturated carbocycles. The van der Waals surface area contributed by atoms with Gasteiger partial charge in [0.25, 0.3) is 0 Å². The van der Waals surface area contributed by atoms with Gasteiger partial charge in [0.05, 0.1) is 0 Å². The molecule has 0 aromatic heterocycles. The molecule has 2 rings (SSSR count). The highest BCUT2D eigenvalue weighted by Gasteiger charge is 2.28. The van der Waals surface area contributed by atoms with Crippen molar-refractivity contribution >= 4 is 34.2 Å². The van der Waals surface area contributed by atoms with E-state index >= 15 is 0 Å². The highest BCUT2D eigenvalue weighted by atomic mass is 79.9. The Morgan fingerprint density at radius 3 is 2.58 bits per heavy atom. The maximum absolute atomic E-state index is 11.7. The van der Waals surface area contributed by atoms with Gasteiger partial charge in [0.1, 0.15) is 0 Å². The van der Waals surface area contributed by atoms with Crippen LogP contribution < -0.4 is 11.1 Å². The standard InChI is InChI=1S/C14H19BrN2O.ClH/c15-12-6-1-10(2-7-12)3-8-14(18)17-9-13(16)11-4-5-11;/h1-2,6-7,11,13H,3-5,8-9,16H2,(H,17,18);1H. The molecule has 3 nitrogen and oxygen atoms in total. The number of carbonyl (C=O) groups excluding carboxylic acids is 1. The first-order valence-electron chi connectivity index (χ1n) is 6.42. The number of hydrogen-bond donors (Lipinski definition) is 2. The second kappa shape index (κ2) is 7.88. The van der Waals surface area contributed by atoms with Gasteiger partial charge >= 0.3 is 0 Å². The van der Waals surface area contributed by atoms with Gasteiger partial charge in [-0.3, -0.25) is 4.79 Å². The van der Waals surface area contributed by atoms with E-state index in [1.54, 1.807) is 0 Å². The summed E-state index contributed by atoms with van der Waals surface area (Å²) in [7, 11) is 0. The molecule has 0 radical (unpaired) electrons. The van der Waals surface area contributed by atoms with Crippen molar-refractivity contribution in [1.29, 1.82) is 0 Å². The summed E-state index contributed by atoms with van der Waals surface area (Å²) < 4.78 is 1.06. The van der Waals surface area contributed by atoms with Crippen molar-refractivity contribution in [2.45, 2.75) is 31.7 Å². The van der Waals surface area contributed by atoms with Gasteiger partial charge in [-0.2, -0.15) is 0 Å². The first-order chi connectivity index (χ1) is 8.65. The normalized spacial score (nSPS) is 15.5. The largest absolute Gasteiger partial charge is 0.355 e. The molecule has 1 aliphatic carbocycles. The van der Waals surface area contributed by atoms with Crippen molar-refractivity contribution in [1.82, 2.24) is 5.32 Å². The van der Waals surface area contributed by atoms with Crippen molar-refractivity contribution in [3.05, 3.63) is 34.3 Å². The van der Waals surface area contributed by atoms with E-state index in [9.17, 15) is 4.79 Å². The molecule has 1 atom stereocenters. The van der Waals surface area contributed by atoms with Crippen LogP contribution in [0.4, 0.5) is 0 Å². The molecule has 5 heteroatoms. The number of nitrogens with one attached hydrogen (secondary N) is 1. The van der Waals surface area contributed by atoms with Crippen molar-refractivity contribution in [3.63, 3.8) is 0 Å². The molecule has 0 saturated heterocycles. The van der Waals surface area contributed by atoms with E-state index in [1.165, 1.54) is 18.4 Å².